The van der Waals surface area contributed by atoms with Crippen molar-refractivity contribution in [3.8, 4) is 5.75 Å². The molecule has 1 atom stereocenters. The van der Waals surface area contributed by atoms with Gasteiger partial charge in [-0.25, -0.2) is 0 Å². The first-order chi connectivity index (χ1) is 11.8. The minimum Gasteiger partial charge on any atom is -0.497 e. The number of nitrogens with zero attached hydrogens (tertiary/aromatic N) is 1. The number of carbonyl (C=O) groups excluding carboxylic acids is 1. The second kappa shape index (κ2) is 7.82. The van der Waals surface area contributed by atoms with Crippen molar-refractivity contribution >= 4 is 12.0 Å². The fourth-order valence-electron chi connectivity index (χ4n) is 3.16. The fourth-order valence-corrected chi connectivity index (χ4v) is 3.16. The van der Waals surface area contributed by atoms with E-state index in [0.717, 1.165) is 37.2 Å². The highest BCUT2D eigenvalue weighted by molar-refractivity contribution is 5.91. The van der Waals surface area contributed by atoms with Gasteiger partial charge in [-0.3, -0.25) is 4.79 Å². The quantitative estimate of drug-likeness (QED) is 0.793. The van der Waals surface area contributed by atoms with Gasteiger partial charge in [0.2, 0.25) is 5.91 Å². The van der Waals surface area contributed by atoms with Crippen molar-refractivity contribution in [2.45, 2.75) is 18.8 Å². The lowest BCUT2D eigenvalue weighted by Crippen LogP contribution is -2.38. The van der Waals surface area contributed by atoms with Crippen molar-refractivity contribution in [3.63, 3.8) is 0 Å². The SMILES string of the molecule is COc1ccc(/C=C/C(=O)N2CCCC(c3ccccc3)C2)cc1. The molecule has 3 nitrogen and oxygen atoms in total. The van der Waals surface area contributed by atoms with Gasteiger partial charge in [0.1, 0.15) is 5.75 Å². The first-order valence-corrected chi connectivity index (χ1v) is 8.42. The van der Waals surface area contributed by atoms with Gasteiger partial charge >= 0.3 is 0 Å². The Morgan fingerprint density at radius 1 is 1.12 bits per heavy atom. The second-order valence-corrected chi connectivity index (χ2v) is 6.14. The maximum atomic E-state index is 12.5. The number of methoxy groups -OCH3 is 1. The molecule has 3 heteroatoms. The molecule has 1 saturated heterocycles. The van der Waals surface area contributed by atoms with Gasteiger partial charge < -0.3 is 9.64 Å². The van der Waals surface area contributed by atoms with E-state index in [1.54, 1.807) is 13.2 Å². The third-order valence-corrected chi connectivity index (χ3v) is 4.54. The maximum Gasteiger partial charge on any atom is 0.246 e. The van der Waals surface area contributed by atoms with Crippen LogP contribution in [0.5, 0.6) is 5.75 Å². The summed E-state index contributed by atoms with van der Waals surface area (Å²) in [5.74, 6) is 1.35. The summed E-state index contributed by atoms with van der Waals surface area (Å²) < 4.78 is 5.14. The molecule has 1 heterocycles. The summed E-state index contributed by atoms with van der Waals surface area (Å²) in [5.41, 5.74) is 2.33. The Morgan fingerprint density at radius 3 is 2.58 bits per heavy atom. The Kier molecular flexibility index (Phi) is 5.32. The molecule has 2 aromatic carbocycles. The standard InChI is InChI=1S/C21H23NO2/c1-24-20-12-9-17(10-13-20)11-14-21(23)22-15-5-8-19(16-22)18-6-3-2-4-7-18/h2-4,6-7,9-14,19H,5,8,15-16H2,1H3/b14-11+. The molecule has 0 bridgehead atoms. The largest absolute Gasteiger partial charge is 0.497 e. The van der Waals surface area contributed by atoms with E-state index >= 15 is 0 Å². The van der Waals surface area contributed by atoms with Crippen molar-refractivity contribution < 1.29 is 9.53 Å². The molecule has 0 spiro atoms. The van der Waals surface area contributed by atoms with Gasteiger partial charge in [0, 0.05) is 25.1 Å². The van der Waals surface area contributed by atoms with Gasteiger partial charge in [0.25, 0.3) is 0 Å². The van der Waals surface area contributed by atoms with Crippen LogP contribution < -0.4 is 4.74 Å². The number of rotatable bonds is 4. The molecule has 2 aromatic rings. The molecule has 124 valence electrons. The van der Waals surface area contributed by atoms with Crippen LogP contribution in [0.4, 0.5) is 0 Å². The van der Waals surface area contributed by atoms with Crippen LogP contribution in [0.3, 0.4) is 0 Å². The Balaban J connectivity index is 1.62. The van der Waals surface area contributed by atoms with E-state index in [9.17, 15) is 4.79 Å². The van der Waals surface area contributed by atoms with E-state index in [1.165, 1.54) is 5.56 Å². The normalized spacial score (nSPS) is 17.9. The highest BCUT2D eigenvalue weighted by Gasteiger charge is 2.23. The molecule has 0 aliphatic carbocycles. The van der Waals surface area contributed by atoms with Crippen LogP contribution in [-0.4, -0.2) is 31.0 Å². The Hall–Kier alpha value is -2.55. The summed E-state index contributed by atoms with van der Waals surface area (Å²) in [5, 5.41) is 0. The Morgan fingerprint density at radius 2 is 1.88 bits per heavy atom. The predicted molar refractivity (Wildman–Crippen MR) is 97.0 cm³/mol. The molecule has 3 rings (SSSR count). The molecule has 0 saturated carbocycles. The van der Waals surface area contributed by atoms with Crippen LogP contribution in [0.2, 0.25) is 0 Å². The van der Waals surface area contributed by atoms with Crippen LogP contribution in [0, 0.1) is 0 Å². The first kappa shape index (κ1) is 16.3. The van der Waals surface area contributed by atoms with Crippen LogP contribution >= 0.6 is 0 Å². The lowest BCUT2D eigenvalue weighted by atomic mass is 9.90. The third-order valence-electron chi connectivity index (χ3n) is 4.54. The van der Waals surface area contributed by atoms with E-state index in [1.807, 2.05) is 41.3 Å². The minimum absolute atomic E-state index is 0.0893. The first-order valence-electron chi connectivity index (χ1n) is 8.42. The summed E-state index contributed by atoms with van der Waals surface area (Å²) in [4.78, 5) is 14.4. The van der Waals surface area contributed by atoms with Gasteiger partial charge in [-0.1, -0.05) is 42.5 Å². The number of hydrogen-bond acceptors (Lipinski definition) is 2. The van der Waals surface area contributed by atoms with Crippen LogP contribution in [-0.2, 0) is 4.79 Å². The summed E-state index contributed by atoms with van der Waals surface area (Å²) in [6, 6.07) is 18.2. The zero-order valence-electron chi connectivity index (χ0n) is 14.0. The number of ether oxygens (including phenoxy) is 1. The van der Waals surface area contributed by atoms with Crippen molar-refractivity contribution in [2.75, 3.05) is 20.2 Å². The van der Waals surface area contributed by atoms with E-state index in [2.05, 4.69) is 24.3 Å². The Labute approximate surface area is 143 Å². The van der Waals surface area contributed by atoms with Crippen LogP contribution in [0.1, 0.15) is 29.9 Å². The monoisotopic (exact) mass is 321 g/mol. The number of carbonyl (C=O) groups is 1. The molecule has 0 aromatic heterocycles. The van der Waals surface area contributed by atoms with E-state index in [0.29, 0.717) is 5.92 Å². The van der Waals surface area contributed by atoms with Crippen molar-refractivity contribution in [2.24, 2.45) is 0 Å². The summed E-state index contributed by atoms with van der Waals surface area (Å²) in [6.07, 6.45) is 5.75. The second-order valence-electron chi connectivity index (χ2n) is 6.14. The number of hydrogen-bond donors (Lipinski definition) is 0. The molecule has 1 unspecified atom stereocenters. The van der Waals surface area contributed by atoms with E-state index in [-0.39, 0.29) is 5.91 Å². The molecule has 0 N–H and O–H groups in total. The highest BCUT2D eigenvalue weighted by atomic mass is 16.5. The predicted octanol–water partition coefficient (Wildman–Crippen LogP) is 4.11. The average Bonchev–Trinajstić information content (AvgIpc) is 2.67. The van der Waals surface area contributed by atoms with Gasteiger partial charge in [0.05, 0.1) is 7.11 Å². The molecule has 24 heavy (non-hydrogen) atoms. The van der Waals surface area contributed by atoms with Gasteiger partial charge in [0.15, 0.2) is 0 Å². The van der Waals surface area contributed by atoms with Gasteiger partial charge in [-0.15, -0.1) is 0 Å². The van der Waals surface area contributed by atoms with Crippen molar-refractivity contribution in [1.82, 2.24) is 4.90 Å². The molecule has 1 aliphatic rings. The van der Waals surface area contributed by atoms with E-state index in [4.69, 9.17) is 4.74 Å². The minimum atomic E-state index is 0.0893. The van der Waals surface area contributed by atoms with Crippen molar-refractivity contribution in [3.05, 3.63) is 71.8 Å². The van der Waals surface area contributed by atoms with Crippen LogP contribution in [0.25, 0.3) is 6.08 Å². The molecule has 0 radical (unpaired) electrons. The number of piperidine rings is 1. The summed E-state index contributed by atoms with van der Waals surface area (Å²) in [6.45, 7) is 1.64. The topological polar surface area (TPSA) is 29.5 Å². The molecule has 1 fully saturated rings. The average molecular weight is 321 g/mol. The number of benzene rings is 2. The van der Waals surface area contributed by atoms with Crippen LogP contribution in [0.15, 0.2) is 60.7 Å². The lowest BCUT2D eigenvalue weighted by molar-refractivity contribution is -0.127. The number of likely N-dealkylation sites (tertiary alicyclic amines) is 1. The van der Waals surface area contributed by atoms with E-state index < -0.39 is 0 Å². The summed E-state index contributed by atoms with van der Waals surface area (Å²) in [7, 11) is 1.65. The van der Waals surface area contributed by atoms with Crippen molar-refractivity contribution in [1.29, 1.82) is 0 Å². The zero-order valence-corrected chi connectivity index (χ0v) is 14.0. The maximum absolute atomic E-state index is 12.5. The molecule has 1 aliphatic heterocycles. The number of amides is 1. The molecular weight excluding hydrogens is 298 g/mol. The van der Waals surface area contributed by atoms with Gasteiger partial charge in [-0.05, 0) is 42.2 Å². The lowest BCUT2D eigenvalue weighted by Gasteiger charge is -2.32. The zero-order chi connectivity index (χ0) is 16.8. The summed E-state index contributed by atoms with van der Waals surface area (Å²) >= 11 is 0. The molecule has 1 amide bonds. The van der Waals surface area contributed by atoms with Gasteiger partial charge in [-0.2, -0.15) is 0 Å². The smallest absolute Gasteiger partial charge is 0.246 e. The Bertz CT molecular complexity index is 692. The third kappa shape index (κ3) is 4.05. The fraction of sp³-hybridized carbons (Fsp3) is 0.286. The molecular formula is C21H23NO2. The highest BCUT2D eigenvalue weighted by Crippen LogP contribution is 2.26.